The molecule has 1 heterocycles. The standard InChI is InChI=1S/C20H23FN4O5S/c1-15-5-6-18(25(27)28)14-19(15)31(29,30)24-11-9-23(10-12-24)8-7-20(26)22-17-4-2-3-16(21)13-17/h2-6,13-14H,7-12H2,1H3,(H,22,26). The second-order valence-electron chi connectivity index (χ2n) is 7.26. The Balaban J connectivity index is 1.55. The number of carbonyl (C=O) groups is 1. The molecule has 1 aliphatic heterocycles. The van der Waals surface area contributed by atoms with Gasteiger partial charge in [0, 0.05) is 57.0 Å². The molecule has 1 aliphatic rings. The number of nitrogens with zero attached hydrogens (tertiary/aromatic N) is 3. The zero-order valence-electron chi connectivity index (χ0n) is 17.0. The first-order valence-electron chi connectivity index (χ1n) is 9.70. The topological polar surface area (TPSA) is 113 Å². The van der Waals surface area contributed by atoms with Gasteiger partial charge in [-0.25, -0.2) is 12.8 Å². The van der Waals surface area contributed by atoms with Crippen molar-refractivity contribution in [3.05, 3.63) is 64.0 Å². The average molecular weight is 450 g/mol. The lowest BCUT2D eigenvalue weighted by Crippen LogP contribution is -2.49. The van der Waals surface area contributed by atoms with Crippen LogP contribution in [-0.4, -0.2) is 61.2 Å². The van der Waals surface area contributed by atoms with Crippen LogP contribution in [0.2, 0.25) is 0 Å². The summed E-state index contributed by atoms with van der Waals surface area (Å²) in [5.41, 5.74) is 0.558. The van der Waals surface area contributed by atoms with E-state index in [-0.39, 0.29) is 36.0 Å². The van der Waals surface area contributed by atoms with E-state index in [1.807, 2.05) is 4.90 Å². The summed E-state index contributed by atoms with van der Waals surface area (Å²) in [5, 5.41) is 13.6. The van der Waals surface area contributed by atoms with Crippen molar-refractivity contribution in [1.29, 1.82) is 0 Å². The van der Waals surface area contributed by atoms with Crippen molar-refractivity contribution >= 4 is 27.3 Å². The highest BCUT2D eigenvalue weighted by molar-refractivity contribution is 7.89. The minimum atomic E-state index is -3.86. The Morgan fingerprint density at radius 1 is 1.16 bits per heavy atom. The molecule has 1 saturated heterocycles. The number of rotatable bonds is 7. The number of piperazine rings is 1. The minimum absolute atomic E-state index is 0.0652. The molecule has 0 unspecified atom stereocenters. The van der Waals surface area contributed by atoms with Crippen LogP contribution < -0.4 is 5.32 Å². The SMILES string of the molecule is Cc1ccc([N+](=O)[O-])cc1S(=O)(=O)N1CCN(CCC(=O)Nc2cccc(F)c2)CC1. The van der Waals surface area contributed by atoms with Gasteiger partial charge in [-0.3, -0.25) is 14.9 Å². The third-order valence-electron chi connectivity index (χ3n) is 5.10. The molecule has 0 spiro atoms. The van der Waals surface area contributed by atoms with Crippen LogP contribution in [0.25, 0.3) is 0 Å². The minimum Gasteiger partial charge on any atom is -0.326 e. The van der Waals surface area contributed by atoms with E-state index < -0.39 is 20.8 Å². The molecular weight excluding hydrogens is 427 g/mol. The summed E-state index contributed by atoms with van der Waals surface area (Å²) in [6.45, 7) is 3.34. The number of nitro groups is 1. The van der Waals surface area contributed by atoms with Crippen LogP contribution in [-0.2, 0) is 14.8 Å². The van der Waals surface area contributed by atoms with Crippen molar-refractivity contribution in [2.75, 3.05) is 38.0 Å². The van der Waals surface area contributed by atoms with Crippen LogP contribution in [0, 0.1) is 22.9 Å². The van der Waals surface area contributed by atoms with E-state index in [1.165, 1.54) is 34.6 Å². The Morgan fingerprint density at radius 3 is 2.52 bits per heavy atom. The summed E-state index contributed by atoms with van der Waals surface area (Å²) in [4.78, 5) is 24.4. The molecule has 11 heteroatoms. The lowest BCUT2D eigenvalue weighted by molar-refractivity contribution is -0.385. The van der Waals surface area contributed by atoms with Crippen molar-refractivity contribution in [2.24, 2.45) is 0 Å². The first-order chi connectivity index (χ1) is 14.7. The number of non-ortho nitro benzene ring substituents is 1. The van der Waals surface area contributed by atoms with Gasteiger partial charge in [-0.05, 0) is 30.7 Å². The van der Waals surface area contributed by atoms with Crippen molar-refractivity contribution in [2.45, 2.75) is 18.2 Å². The van der Waals surface area contributed by atoms with Crippen molar-refractivity contribution in [1.82, 2.24) is 9.21 Å². The van der Waals surface area contributed by atoms with Gasteiger partial charge >= 0.3 is 0 Å². The fourth-order valence-electron chi connectivity index (χ4n) is 3.36. The van der Waals surface area contributed by atoms with E-state index in [4.69, 9.17) is 0 Å². The average Bonchev–Trinajstić information content (AvgIpc) is 2.72. The first-order valence-corrected chi connectivity index (χ1v) is 11.1. The Labute approximate surface area is 179 Å². The number of amides is 1. The fraction of sp³-hybridized carbons (Fsp3) is 0.350. The molecule has 0 aliphatic carbocycles. The molecule has 0 bridgehead atoms. The van der Waals surface area contributed by atoms with E-state index >= 15 is 0 Å². The van der Waals surface area contributed by atoms with Gasteiger partial charge in [0.2, 0.25) is 15.9 Å². The van der Waals surface area contributed by atoms with E-state index in [9.17, 15) is 27.7 Å². The first kappa shape index (κ1) is 22.8. The van der Waals surface area contributed by atoms with E-state index in [1.54, 1.807) is 13.0 Å². The third-order valence-corrected chi connectivity index (χ3v) is 7.14. The quantitative estimate of drug-likeness (QED) is 0.512. The summed E-state index contributed by atoms with van der Waals surface area (Å²) in [6.07, 6.45) is 0.188. The molecule has 31 heavy (non-hydrogen) atoms. The molecule has 1 fully saturated rings. The Hall–Kier alpha value is -2.89. The number of anilines is 1. The fourth-order valence-corrected chi connectivity index (χ4v) is 5.03. The maximum atomic E-state index is 13.2. The number of hydrogen-bond acceptors (Lipinski definition) is 6. The Morgan fingerprint density at radius 2 is 1.87 bits per heavy atom. The summed E-state index contributed by atoms with van der Waals surface area (Å²) < 4.78 is 40.5. The van der Waals surface area contributed by atoms with E-state index in [0.29, 0.717) is 30.9 Å². The molecule has 0 aromatic heterocycles. The van der Waals surface area contributed by atoms with Crippen LogP contribution in [0.3, 0.4) is 0 Å². The molecule has 3 rings (SSSR count). The predicted octanol–water partition coefficient (Wildman–Crippen LogP) is 2.38. The maximum Gasteiger partial charge on any atom is 0.270 e. The molecule has 1 N–H and O–H groups in total. The largest absolute Gasteiger partial charge is 0.326 e. The Bertz CT molecular complexity index is 1080. The second-order valence-corrected chi connectivity index (χ2v) is 9.17. The van der Waals surface area contributed by atoms with Crippen molar-refractivity contribution in [3.8, 4) is 0 Å². The number of aryl methyl sites for hydroxylation is 1. The molecule has 0 saturated carbocycles. The number of carbonyl (C=O) groups excluding carboxylic acids is 1. The highest BCUT2D eigenvalue weighted by Crippen LogP contribution is 2.25. The highest BCUT2D eigenvalue weighted by Gasteiger charge is 2.30. The summed E-state index contributed by atoms with van der Waals surface area (Å²) in [6, 6.07) is 9.43. The zero-order valence-corrected chi connectivity index (χ0v) is 17.8. The number of nitrogens with one attached hydrogen (secondary N) is 1. The molecular formula is C20H23FN4O5S. The number of nitro benzene ring substituents is 1. The number of hydrogen-bond donors (Lipinski definition) is 1. The maximum absolute atomic E-state index is 13.2. The molecule has 0 radical (unpaired) electrons. The smallest absolute Gasteiger partial charge is 0.270 e. The zero-order chi connectivity index (χ0) is 22.6. The van der Waals surface area contributed by atoms with Crippen LogP contribution in [0.4, 0.5) is 15.8 Å². The van der Waals surface area contributed by atoms with E-state index in [0.717, 1.165) is 6.07 Å². The highest BCUT2D eigenvalue weighted by atomic mass is 32.2. The third kappa shape index (κ3) is 5.63. The lowest BCUT2D eigenvalue weighted by atomic mass is 10.2. The molecule has 1 amide bonds. The van der Waals surface area contributed by atoms with Gasteiger partial charge in [-0.1, -0.05) is 12.1 Å². The van der Waals surface area contributed by atoms with Gasteiger partial charge in [0.15, 0.2) is 0 Å². The number of sulfonamides is 1. The second kappa shape index (κ2) is 9.50. The predicted molar refractivity (Wildman–Crippen MR) is 113 cm³/mol. The normalized spacial score (nSPS) is 15.5. The summed E-state index contributed by atoms with van der Waals surface area (Å²) in [7, 11) is -3.86. The van der Waals surface area contributed by atoms with Gasteiger partial charge in [-0.15, -0.1) is 0 Å². The molecule has 9 nitrogen and oxygen atoms in total. The summed E-state index contributed by atoms with van der Waals surface area (Å²) in [5.74, 6) is -0.693. The van der Waals surface area contributed by atoms with Gasteiger partial charge in [-0.2, -0.15) is 4.31 Å². The van der Waals surface area contributed by atoms with Crippen molar-refractivity contribution < 1.29 is 22.5 Å². The molecule has 2 aromatic carbocycles. The van der Waals surface area contributed by atoms with Crippen LogP contribution >= 0.6 is 0 Å². The van der Waals surface area contributed by atoms with Gasteiger partial charge in [0.25, 0.3) is 5.69 Å². The lowest BCUT2D eigenvalue weighted by Gasteiger charge is -2.34. The van der Waals surface area contributed by atoms with Gasteiger partial charge in [0.1, 0.15) is 5.82 Å². The van der Waals surface area contributed by atoms with Gasteiger partial charge < -0.3 is 10.2 Å². The van der Waals surface area contributed by atoms with Gasteiger partial charge in [0.05, 0.1) is 9.82 Å². The number of benzene rings is 2. The monoisotopic (exact) mass is 450 g/mol. The van der Waals surface area contributed by atoms with Crippen molar-refractivity contribution in [3.63, 3.8) is 0 Å². The van der Waals surface area contributed by atoms with E-state index in [2.05, 4.69) is 5.32 Å². The van der Waals surface area contributed by atoms with Crippen LogP contribution in [0.1, 0.15) is 12.0 Å². The summed E-state index contributed by atoms with van der Waals surface area (Å²) >= 11 is 0. The molecule has 0 atom stereocenters. The molecule has 166 valence electrons. The number of halogens is 1. The van der Waals surface area contributed by atoms with Crippen LogP contribution in [0.15, 0.2) is 47.4 Å². The van der Waals surface area contributed by atoms with Crippen LogP contribution in [0.5, 0.6) is 0 Å². The Kier molecular flexibility index (Phi) is 6.98. The molecule has 2 aromatic rings.